The summed E-state index contributed by atoms with van der Waals surface area (Å²) in [6.07, 6.45) is 3.45. The zero-order chi connectivity index (χ0) is 11.9. The van der Waals surface area contributed by atoms with E-state index in [-0.39, 0.29) is 0 Å². The van der Waals surface area contributed by atoms with E-state index in [0.717, 1.165) is 6.42 Å². The SMILES string of the molecule is CC/C=C(/[Se]c1ccccc1)c1ccccc1. The third-order valence-electron chi connectivity index (χ3n) is 2.42. The van der Waals surface area contributed by atoms with Gasteiger partial charge in [-0.2, -0.15) is 0 Å². The van der Waals surface area contributed by atoms with E-state index >= 15 is 0 Å². The topological polar surface area (TPSA) is 0 Å². The molecule has 0 aliphatic carbocycles. The molecule has 2 rings (SSSR count). The van der Waals surface area contributed by atoms with Gasteiger partial charge in [0, 0.05) is 0 Å². The normalized spacial score (nSPS) is 11.5. The number of rotatable bonds is 4. The van der Waals surface area contributed by atoms with Gasteiger partial charge in [0.2, 0.25) is 0 Å². The Morgan fingerprint density at radius 2 is 1.53 bits per heavy atom. The van der Waals surface area contributed by atoms with E-state index in [4.69, 9.17) is 0 Å². The van der Waals surface area contributed by atoms with E-state index in [1.54, 1.807) is 0 Å². The molecule has 0 saturated heterocycles. The molecule has 0 heterocycles. The molecule has 0 saturated carbocycles. The molecule has 0 spiro atoms. The van der Waals surface area contributed by atoms with Crippen LogP contribution < -0.4 is 4.46 Å². The Kier molecular flexibility index (Phi) is 4.61. The van der Waals surface area contributed by atoms with Gasteiger partial charge in [0.1, 0.15) is 0 Å². The first-order chi connectivity index (χ1) is 8.40. The average Bonchev–Trinajstić information content (AvgIpc) is 2.40. The van der Waals surface area contributed by atoms with E-state index in [2.05, 4.69) is 73.7 Å². The van der Waals surface area contributed by atoms with Gasteiger partial charge in [-0.3, -0.25) is 0 Å². The summed E-state index contributed by atoms with van der Waals surface area (Å²) >= 11 is 0.401. The molecule has 0 fully saturated rings. The second-order valence-corrected chi connectivity index (χ2v) is 6.10. The molecule has 0 N–H and O–H groups in total. The number of allylic oxidation sites excluding steroid dienone is 1. The molecule has 2 aromatic carbocycles. The van der Waals surface area contributed by atoms with Gasteiger partial charge < -0.3 is 0 Å². The van der Waals surface area contributed by atoms with Gasteiger partial charge in [-0.25, -0.2) is 0 Å². The van der Waals surface area contributed by atoms with E-state index in [1.165, 1.54) is 14.5 Å². The molecule has 0 amide bonds. The Morgan fingerprint density at radius 3 is 2.12 bits per heavy atom. The molecule has 0 atom stereocenters. The summed E-state index contributed by atoms with van der Waals surface area (Å²) in [6.45, 7) is 2.20. The maximum atomic E-state index is 2.35. The van der Waals surface area contributed by atoms with Crippen molar-refractivity contribution in [3.8, 4) is 0 Å². The standard InChI is InChI=1S/C16H16Se/c1-2-9-16(14-10-5-3-6-11-14)17-15-12-7-4-8-13-15/h3-13H,2H2,1H3/b16-9+. The first kappa shape index (κ1) is 12.2. The summed E-state index contributed by atoms with van der Waals surface area (Å²) in [4.78, 5) is 0. The zero-order valence-electron chi connectivity index (χ0n) is 9.97. The van der Waals surface area contributed by atoms with Crippen LogP contribution in [0, 0.1) is 0 Å². The molecule has 0 bridgehead atoms. The molecule has 1 heteroatoms. The van der Waals surface area contributed by atoms with Crippen LogP contribution >= 0.6 is 0 Å². The molecule has 86 valence electrons. The third kappa shape index (κ3) is 3.59. The van der Waals surface area contributed by atoms with E-state index < -0.39 is 0 Å². The molecule has 0 unspecified atom stereocenters. The van der Waals surface area contributed by atoms with Crippen LogP contribution in [0.4, 0.5) is 0 Å². The third-order valence-corrected chi connectivity index (χ3v) is 4.79. The van der Waals surface area contributed by atoms with Crippen molar-refractivity contribution in [3.63, 3.8) is 0 Å². The predicted molar refractivity (Wildman–Crippen MR) is 76.5 cm³/mol. The summed E-state index contributed by atoms with van der Waals surface area (Å²) < 4.78 is 2.91. The molecule has 0 aliphatic heterocycles. The van der Waals surface area contributed by atoms with Crippen molar-refractivity contribution in [2.45, 2.75) is 13.3 Å². The van der Waals surface area contributed by atoms with Gasteiger partial charge in [0.05, 0.1) is 0 Å². The second kappa shape index (κ2) is 6.44. The van der Waals surface area contributed by atoms with Crippen LogP contribution in [0.2, 0.25) is 0 Å². The molecule has 0 aliphatic rings. The summed E-state index contributed by atoms with van der Waals surface area (Å²) in [6, 6.07) is 21.4. The quantitative estimate of drug-likeness (QED) is 0.755. The summed E-state index contributed by atoms with van der Waals surface area (Å²) in [5.74, 6) is 0. The van der Waals surface area contributed by atoms with Crippen LogP contribution in [0.5, 0.6) is 0 Å². The van der Waals surface area contributed by atoms with Gasteiger partial charge in [-0.1, -0.05) is 0 Å². The van der Waals surface area contributed by atoms with Crippen LogP contribution in [0.1, 0.15) is 18.9 Å². The number of benzene rings is 2. The number of hydrogen-bond acceptors (Lipinski definition) is 0. The predicted octanol–water partition coefficient (Wildman–Crippen LogP) is 3.47. The van der Waals surface area contributed by atoms with Crippen molar-refractivity contribution >= 4 is 23.9 Å². The number of hydrogen-bond donors (Lipinski definition) is 0. The molecular weight excluding hydrogens is 271 g/mol. The molecule has 2 aromatic rings. The van der Waals surface area contributed by atoms with Crippen molar-refractivity contribution in [2.75, 3.05) is 0 Å². The van der Waals surface area contributed by atoms with Crippen molar-refractivity contribution in [2.24, 2.45) is 0 Å². The van der Waals surface area contributed by atoms with Crippen LogP contribution in [0.25, 0.3) is 4.47 Å². The Balaban J connectivity index is 2.23. The second-order valence-electron chi connectivity index (χ2n) is 3.76. The van der Waals surface area contributed by atoms with Gasteiger partial charge in [-0.05, 0) is 0 Å². The van der Waals surface area contributed by atoms with E-state index in [0.29, 0.717) is 15.0 Å². The minimum absolute atomic E-state index is 0.401. The Morgan fingerprint density at radius 1 is 0.941 bits per heavy atom. The monoisotopic (exact) mass is 288 g/mol. The molecule has 17 heavy (non-hydrogen) atoms. The minimum atomic E-state index is 0.401. The molecule has 0 aromatic heterocycles. The van der Waals surface area contributed by atoms with Crippen molar-refractivity contribution in [3.05, 3.63) is 72.3 Å². The molecule has 0 nitrogen and oxygen atoms in total. The first-order valence-electron chi connectivity index (χ1n) is 5.88. The Hall–Kier alpha value is -1.30. The average molecular weight is 287 g/mol. The van der Waals surface area contributed by atoms with E-state index in [9.17, 15) is 0 Å². The maximum absolute atomic E-state index is 2.35. The fourth-order valence-electron chi connectivity index (χ4n) is 1.62. The van der Waals surface area contributed by atoms with Crippen LogP contribution in [-0.4, -0.2) is 15.0 Å². The first-order valence-corrected chi connectivity index (χ1v) is 7.60. The summed E-state index contributed by atoms with van der Waals surface area (Å²) in [7, 11) is 0. The molecule has 0 radical (unpaired) electrons. The van der Waals surface area contributed by atoms with Gasteiger partial charge in [-0.15, -0.1) is 0 Å². The van der Waals surface area contributed by atoms with Crippen LogP contribution in [0.15, 0.2) is 66.7 Å². The van der Waals surface area contributed by atoms with Crippen LogP contribution in [0.3, 0.4) is 0 Å². The van der Waals surface area contributed by atoms with Crippen molar-refractivity contribution in [1.29, 1.82) is 0 Å². The fraction of sp³-hybridized carbons (Fsp3) is 0.125. The fourth-order valence-corrected chi connectivity index (χ4v) is 3.83. The van der Waals surface area contributed by atoms with Gasteiger partial charge in [0.15, 0.2) is 0 Å². The summed E-state index contributed by atoms with van der Waals surface area (Å²) in [5.41, 5.74) is 1.36. The van der Waals surface area contributed by atoms with Gasteiger partial charge >= 0.3 is 110 Å². The summed E-state index contributed by atoms with van der Waals surface area (Å²) in [5, 5.41) is 0. The van der Waals surface area contributed by atoms with Gasteiger partial charge in [0.25, 0.3) is 0 Å². The zero-order valence-corrected chi connectivity index (χ0v) is 11.7. The van der Waals surface area contributed by atoms with Crippen molar-refractivity contribution in [1.82, 2.24) is 0 Å². The van der Waals surface area contributed by atoms with Crippen molar-refractivity contribution < 1.29 is 0 Å². The Labute approximate surface area is 110 Å². The van der Waals surface area contributed by atoms with Crippen LogP contribution in [-0.2, 0) is 0 Å². The van der Waals surface area contributed by atoms with E-state index in [1.807, 2.05) is 0 Å². The Bertz CT molecular complexity index is 471. The molecular formula is C16H16Se.